The van der Waals surface area contributed by atoms with E-state index in [1.54, 1.807) is 4.90 Å². The van der Waals surface area contributed by atoms with E-state index in [1.165, 1.54) is 16.8 Å². The summed E-state index contributed by atoms with van der Waals surface area (Å²) >= 11 is 1.31. The van der Waals surface area contributed by atoms with Crippen LogP contribution in [-0.2, 0) is 4.74 Å². The van der Waals surface area contributed by atoms with E-state index in [9.17, 15) is 9.59 Å². The highest BCUT2D eigenvalue weighted by molar-refractivity contribution is 7.14. The van der Waals surface area contributed by atoms with Crippen LogP contribution in [0.15, 0.2) is 5.51 Å². The summed E-state index contributed by atoms with van der Waals surface area (Å²) in [7, 11) is 0. The standard InChI is InChI=1S/C14H21N3O4S/c1-9-7-16(11-10(12(18)19)15-8-22-11)5-6-17(9)13(20)21-14(2,3)4/h8-9H,5-7H2,1-4H3,(H,18,19). The van der Waals surface area contributed by atoms with Crippen LogP contribution in [0.25, 0.3) is 0 Å². The van der Waals surface area contributed by atoms with Gasteiger partial charge in [-0.05, 0) is 27.7 Å². The molecule has 1 saturated heterocycles. The molecule has 2 heterocycles. The highest BCUT2D eigenvalue weighted by Gasteiger charge is 2.32. The first-order chi connectivity index (χ1) is 10.2. The number of carbonyl (C=O) groups is 2. The molecule has 7 nitrogen and oxygen atoms in total. The van der Waals surface area contributed by atoms with Crippen molar-refractivity contribution in [2.24, 2.45) is 0 Å². The van der Waals surface area contributed by atoms with E-state index in [0.29, 0.717) is 24.6 Å². The molecule has 2 rings (SSSR count). The van der Waals surface area contributed by atoms with Crippen LogP contribution in [0.2, 0.25) is 0 Å². The van der Waals surface area contributed by atoms with Crippen molar-refractivity contribution in [3.63, 3.8) is 0 Å². The molecule has 1 unspecified atom stereocenters. The summed E-state index contributed by atoms with van der Waals surface area (Å²) in [5.74, 6) is -1.03. The first-order valence-corrected chi connectivity index (χ1v) is 7.98. The lowest BCUT2D eigenvalue weighted by atomic mass is 10.2. The maximum atomic E-state index is 12.2. The smallest absolute Gasteiger partial charge is 0.410 e. The molecule has 1 aliphatic heterocycles. The Morgan fingerprint density at radius 1 is 1.41 bits per heavy atom. The molecular formula is C14H21N3O4S. The summed E-state index contributed by atoms with van der Waals surface area (Å²) in [6, 6.07) is -0.0626. The molecule has 1 aromatic rings. The van der Waals surface area contributed by atoms with E-state index in [1.807, 2.05) is 32.6 Å². The number of hydrogen-bond acceptors (Lipinski definition) is 6. The van der Waals surface area contributed by atoms with E-state index < -0.39 is 11.6 Å². The van der Waals surface area contributed by atoms with Crippen molar-refractivity contribution in [2.75, 3.05) is 24.5 Å². The summed E-state index contributed by atoms with van der Waals surface area (Å²) in [5.41, 5.74) is 1.08. The first-order valence-electron chi connectivity index (χ1n) is 7.10. The van der Waals surface area contributed by atoms with E-state index >= 15 is 0 Å². The molecule has 1 aliphatic rings. The number of anilines is 1. The maximum absolute atomic E-state index is 12.2. The lowest BCUT2D eigenvalue weighted by molar-refractivity contribution is 0.0158. The average molecular weight is 327 g/mol. The average Bonchev–Trinajstić information content (AvgIpc) is 2.85. The predicted octanol–water partition coefficient (Wildman–Crippen LogP) is 2.29. The summed E-state index contributed by atoms with van der Waals surface area (Å²) in [4.78, 5) is 30.9. The highest BCUT2D eigenvalue weighted by atomic mass is 32.1. The van der Waals surface area contributed by atoms with Gasteiger partial charge in [-0.3, -0.25) is 0 Å². The Hall–Kier alpha value is -1.83. The predicted molar refractivity (Wildman–Crippen MR) is 83.7 cm³/mol. The van der Waals surface area contributed by atoms with Gasteiger partial charge in [-0.25, -0.2) is 14.6 Å². The first kappa shape index (κ1) is 16.5. The number of nitrogens with zero attached hydrogens (tertiary/aromatic N) is 3. The fraction of sp³-hybridized carbons (Fsp3) is 0.643. The highest BCUT2D eigenvalue weighted by Crippen LogP contribution is 2.28. The minimum absolute atomic E-state index is 0.0626. The van der Waals surface area contributed by atoms with Crippen LogP contribution in [0.3, 0.4) is 0 Å². The maximum Gasteiger partial charge on any atom is 0.410 e. The number of ether oxygens (including phenoxy) is 1. The van der Waals surface area contributed by atoms with Crippen LogP contribution in [0, 0.1) is 0 Å². The normalized spacial score (nSPS) is 19.2. The van der Waals surface area contributed by atoms with E-state index in [-0.39, 0.29) is 17.8 Å². The van der Waals surface area contributed by atoms with Gasteiger partial charge >= 0.3 is 12.1 Å². The van der Waals surface area contributed by atoms with E-state index in [0.717, 1.165) is 0 Å². The summed E-state index contributed by atoms with van der Waals surface area (Å²) in [5, 5.41) is 9.79. The van der Waals surface area contributed by atoms with Gasteiger partial charge in [0, 0.05) is 25.7 Å². The molecule has 1 atom stereocenters. The fourth-order valence-corrected chi connectivity index (χ4v) is 3.17. The molecule has 1 N–H and O–H groups in total. The van der Waals surface area contributed by atoms with Gasteiger partial charge in [-0.15, -0.1) is 11.3 Å². The minimum Gasteiger partial charge on any atom is -0.476 e. The molecule has 122 valence electrons. The van der Waals surface area contributed by atoms with Crippen molar-refractivity contribution in [3.8, 4) is 0 Å². The number of carboxylic acid groups (broad SMARTS) is 1. The van der Waals surface area contributed by atoms with Gasteiger partial charge in [0.1, 0.15) is 10.6 Å². The zero-order chi connectivity index (χ0) is 16.5. The van der Waals surface area contributed by atoms with Crippen LogP contribution in [-0.4, -0.2) is 58.3 Å². The van der Waals surface area contributed by atoms with Crippen LogP contribution >= 0.6 is 11.3 Å². The van der Waals surface area contributed by atoms with Crippen LogP contribution in [0.5, 0.6) is 0 Å². The van der Waals surface area contributed by atoms with Crippen molar-refractivity contribution in [1.29, 1.82) is 0 Å². The number of rotatable bonds is 2. The Bertz CT molecular complexity index is 567. The van der Waals surface area contributed by atoms with Gasteiger partial charge in [0.05, 0.1) is 5.51 Å². The van der Waals surface area contributed by atoms with Crippen molar-refractivity contribution < 1.29 is 19.4 Å². The SMILES string of the molecule is CC1CN(c2scnc2C(=O)O)CCN1C(=O)OC(C)(C)C. The number of carbonyl (C=O) groups excluding carboxylic acids is 1. The van der Waals surface area contributed by atoms with Crippen molar-refractivity contribution >= 4 is 28.4 Å². The van der Waals surface area contributed by atoms with Gasteiger partial charge in [-0.2, -0.15) is 0 Å². The summed E-state index contributed by atoms with van der Waals surface area (Å²) in [6.07, 6.45) is -0.331. The number of piperazine rings is 1. The van der Waals surface area contributed by atoms with Crippen LogP contribution in [0.4, 0.5) is 9.80 Å². The van der Waals surface area contributed by atoms with Gasteiger partial charge in [-0.1, -0.05) is 0 Å². The molecule has 1 amide bonds. The number of carboxylic acids is 1. The van der Waals surface area contributed by atoms with Gasteiger partial charge in [0.2, 0.25) is 0 Å². The number of aromatic carboxylic acids is 1. The lowest BCUT2D eigenvalue weighted by Gasteiger charge is -2.40. The second-order valence-corrected chi connectivity index (χ2v) is 7.11. The Morgan fingerprint density at radius 3 is 2.64 bits per heavy atom. The van der Waals surface area contributed by atoms with Crippen molar-refractivity contribution in [3.05, 3.63) is 11.2 Å². The number of amides is 1. The largest absolute Gasteiger partial charge is 0.476 e. The third-order valence-electron chi connectivity index (χ3n) is 3.29. The van der Waals surface area contributed by atoms with Gasteiger partial charge in [0.15, 0.2) is 5.69 Å². The van der Waals surface area contributed by atoms with Gasteiger partial charge < -0.3 is 19.6 Å². The molecule has 0 bridgehead atoms. The molecule has 0 saturated carbocycles. The number of thiazole rings is 1. The summed E-state index contributed by atoms with van der Waals surface area (Å²) in [6.45, 7) is 9.05. The van der Waals surface area contributed by atoms with E-state index in [4.69, 9.17) is 9.84 Å². The monoisotopic (exact) mass is 327 g/mol. The van der Waals surface area contributed by atoms with Gasteiger partial charge in [0.25, 0.3) is 0 Å². The molecule has 1 fully saturated rings. The molecule has 0 aromatic carbocycles. The topological polar surface area (TPSA) is 83.0 Å². The molecule has 8 heteroatoms. The van der Waals surface area contributed by atoms with Crippen LogP contribution in [0.1, 0.15) is 38.2 Å². The van der Waals surface area contributed by atoms with Crippen molar-refractivity contribution in [2.45, 2.75) is 39.3 Å². The Balaban J connectivity index is 2.05. The minimum atomic E-state index is -1.03. The molecule has 0 radical (unpaired) electrons. The third kappa shape index (κ3) is 3.68. The molecule has 0 spiro atoms. The van der Waals surface area contributed by atoms with Crippen LogP contribution < -0.4 is 4.90 Å². The molecule has 22 heavy (non-hydrogen) atoms. The van der Waals surface area contributed by atoms with Crippen molar-refractivity contribution in [1.82, 2.24) is 9.88 Å². The zero-order valence-corrected chi connectivity index (χ0v) is 14.0. The second-order valence-electron chi connectivity index (χ2n) is 6.28. The second kappa shape index (κ2) is 6.12. The molecule has 1 aromatic heterocycles. The Kier molecular flexibility index (Phi) is 4.60. The Labute approximate surface area is 133 Å². The number of aromatic nitrogens is 1. The fourth-order valence-electron chi connectivity index (χ4n) is 2.34. The molecular weight excluding hydrogens is 306 g/mol. The zero-order valence-electron chi connectivity index (χ0n) is 13.2. The Morgan fingerprint density at radius 2 is 2.09 bits per heavy atom. The summed E-state index contributed by atoms with van der Waals surface area (Å²) < 4.78 is 5.40. The lowest BCUT2D eigenvalue weighted by Crippen LogP contribution is -2.55. The number of hydrogen-bond donors (Lipinski definition) is 1. The quantitative estimate of drug-likeness (QED) is 0.897. The third-order valence-corrected chi connectivity index (χ3v) is 4.18. The van der Waals surface area contributed by atoms with E-state index in [2.05, 4.69) is 4.98 Å². The molecule has 0 aliphatic carbocycles.